The number of hydrogen-bond acceptors (Lipinski definition) is 4. The summed E-state index contributed by atoms with van der Waals surface area (Å²) in [7, 11) is -3.07. The van der Waals surface area contributed by atoms with Gasteiger partial charge in [-0.3, -0.25) is 4.79 Å². The molecule has 0 spiro atoms. The second kappa shape index (κ2) is 7.05. The lowest BCUT2D eigenvalue weighted by atomic mass is 10.2. The summed E-state index contributed by atoms with van der Waals surface area (Å²) < 4.78 is 28.9. The lowest BCUT2D eigenvalue weighted by Crippen LogP contribution is -2.39. The van der Waals surface area contributed by atoms with Crippen molar-refractivity contribution in [2.45, 2.75) is 19.0 Å². The van der Waals surface area contributed by atoms with E-state index < -0.39 is 9.84 Å². The highest BCUT2D eigenvalue weighted by atomic mass is 32.2. The van der Waals surface area contributed by atoms with Gasteiger partial charge < -0.3 is 9.32 Å². The maximum absolute atomic E-state index is 12.6. The Morgan fingerprint density at radius 1 is 1.21 bits per heavy atom. The first-order valence-electron chi connectivity index (χ1n) is 7.80. The van der Waals surface area contributed by atoms with Crippen molar-refractivity contribution in [1.29, 1.82) is 0 Å². The Balaban J connectivity index is 1.78. The Morgan fingerprint density at radius 3 is 2.62 bits per heavy atom. The van der Waals surface area contributed by atoms with Crippen LogP contribution in [0, 0.1) is 0 Å². The molecule has 6 heteroatoms. The minimum atomic E-state index is -3.07. The summed E-state index contributed by atoms with van der Waals surface area (Å²) in [5.41, 5.74) is 0.919. The van der Waals surface area contributed by atoms with Gasteiger partial charge in [0.15, 0.2) is 9.84 Å². The Bertz CT molecular complexity index is 810. The number of nitrogens with zero attached hydrogens (tertiary/aromatic N) is 1. The molecule has 0 bridgehead atoms. The van der Waals surface area contributed by atoms with E-state index in [1.807, 2.05) is 30.3 Å². The third-order valence-corrected chi connectivity index (χ3v) is 5.81. The molecule has 5 nitrogen and oxygen atoms in total. The van der Waals surface area contributed by atoms with Gasteiger partial charge in [-0.25, -0.2) is 8.42 Å². The SMILES string of the molecule is O=C(/C=C/c1ccccc1)N(Cc1ccco1)[C@H]1CCS(=O)(=O)C1. The summed E-state index contributed by atoms with van der Waals surface area (Å²) in [5, 5.41) is 0. The normalized spacial score (nSPS) is 19.6. The largest absolute Gasteiger partial charge is 0.467 e. The fourth-order valence-electron chi connectivity index (χ4n) is 2.81. The molecule has 2 heterocycles. The lowest BCUT2D eigenvalue weighted by Gasteiger charge is -2.26. The van der Waals surface area contributed by atoms with Gasteiger partial charge in [-0.1, -0.05) is 30.3 Å². The highest BCUT2D eigenvalue weighted by molar-refractivity contribution is 7.91. The molecule has 1 aliphatic rings. The number of rotatable bonds is 5. The second-order valence-corrected chi connectivity index (χ2v) is 8.08. The van der Waals surface area contributed by atoms with E-state index in [9.17, 15) is 13.2 Å². The molecule has 0 N–H and O–H groups in total. The van der Waals surface area contributed by atoms with Gasteiger partial charge in [0.1, 0.15) is 5.76 Å². The summed E-state index contributed by atoms with van der Waals surface area (Å²) in [6, 6.07) is 12.7. The van der Waals surface area contributed by atoms with E-state index in [2.05, 4.69) is 0 Å². The molecular weight excluding hydrogens is 326 g/mol. The highest BCUT2D eigenvalue weighted by Crippen LogP contribution is 2.21. The zero-order chi connectivity index (χ0) is 17.0. The van der Waals surface area contributed by atoms with Crippen molar-refractivity contribution in [3.63, 3.8) is 0 Å². The number of benzene rings is 1. The number of carbonyl (C=O) groups is 1. The van der Waals surface area contributed by atoms with Crippen molar-refractivity contribution >= 4 is 21.8 Å². The molecule has 0 saturated carbocycles. The van der Waals surface area contributed by atoms with Crippen LogP contribution in [0.15, 0.2) is 59.2 Å². The van der Waals surface area contributed by atoms with Crippen LogP contribution in [-0.4, -0.2) is 36.8 Å². The van der Waals surface area contributed by atoms with Crippen LogP contribution in [0.2, 0.25) is 0 Å². The smallest absolute Gasteiger partial charge is 0.247 e. The number of furan rings is 1. The Kier molecular flexibility index (Phi) is 4.85. The van der Waals surface area contributed by atoms with Crippen molar-refractivity contribution in [1.82, 2.24) is 4.90 Å². The first-order chi connectivity index (χ1) is 11.5. The summed E-state index contributed by atoms with van der Waals surface area (Å²) in [4.78, 5) is 14.2. The van der Waals surface area contributed by atoms with Crippen molar-refractivity contribution < 1.29 is 17.6 Å². The summed E-state index contributed by atoms with van der Waals surface area (Å²) >= 11 is 0. The van der Waals surface area contributed by atoms with Gasteiger partial charge in [0.2, 0.25) is 5.91 Å². The quantitative estimate of drug-likeness (QED) is 0.781. The van der Waals surface area contributed by atoms with Gasteiger partial charge in [0, 0.05) is 12.1 Å². The highest BCUT2D eigenvalue weighted by Gasteiger charge is 2.34. The van der Waals surface area contributed by atoms with E-state index in [1.54, 1.807) is 29.4 Å². The number of carbonyl (C=O) groups excluding carboxylic acids is 1. The van der Waals surface area contributed by atoms with Crippen LogP contribution >= 0.6 is 0 Å². The Labute approximate surface area is 141 Å². The van der Waals surface area contributed by atoms with Crippen molar-refractivity contribution in [3.8, 4) is 0 Å². The Morgan fingerprint density at radius 2 is 2.00 bits per heavy atom. The molecule has 2 aromatic rings. The maximum atomic E-state index is 12.6. The molecule has 0 radical (unpaired) electrons. The summed E-state index contributed by atoms with van der Waals surface area (Å²) in [5.74, 6) is 0.568. The first-order valence-corrected chi connectivity index (χ1v) is 9.62. The number of amides is 1. The number of hydrogen-bond donors (Lipinski definition) is 0. The van der Waals surface area contributed by atoms with E-state index >= 15 is 0 Å². The molecule has 1 fully saturated rings. The molecule has 126 valence electrons. The van der Waals surface area contributed by atoms with Gasteiger partial charge in [0.05, 0.1) is 24.3 Å². The van der Waals surface area contributed by atoms with Crippen LogP contribution in [-0.2, 0) is 21.2 Å². The molecule has 0 unspecified atom stereocenters. The van der Waals surface area contributed by atoms with Crippen LogP contribution in [0.1, 0.15) is 17.7 Å². The second-order valence-electron chi connectivity index (χ2n) is 5.85. The average molecular weight is 345 g/mol. The predicted molar refractivity (Wildman–Crippen MR) is 91.8 cm³/mol. The Hall–Kier alpha value is -2.34. The van der Waals surface area contributed by atoms with Gasteiger partial charge >= 0.3 is 0 Å². The third kappa shape index (κ3) is 4.14. The van der Waals surface area contributed by atoms with Crippen LogP contribution in [0.4, 0.5) is 0 Å². The minimum absolute atomic E-state index is 0.0125. The summed E-state index contributed by atoms with van der Waals surface area (Å²) in [6.45, 7) is 0.269. The predicted octanol–water partition coefficient (Wildman–Crippen LogP) is 2.51. The first kappa shape index (κ1) is 16.5. The molecule has 24 heavy (non-hydrogen) atoms. The number of sulfone groups is 1. The monoisotopic (exact) mass is 345 g/mol. The van der Waals surface area contributed by atoms with Crippen LogP contribution < -0.4 is 0 Å². The van der Waals surface area contributed by atoms with Crippen LogP contribution in [0.3, 0.4) is 0 Å². The minimum Gasteiger partial charge on any atom is -0.467 e. The lowest BCUT2D eigenvalue weighted by molar-refractivity contribution is -0.128. The molecule has 0 aliphatic carbocycles. The molecule has 1 atom stereocenters. The van der Waals surface area contributed by atoms with Gasteiger partial charge in [-0.15, -0.1) is 0 Å². The van der Waals surface area contributed by atoms with E-state index in [1.165, 1.54) is 6.08 Å². The third-order valence-electron chi connectivity index (χ3n) is 4.06. The average Bonchev–Trinajstić information content (AvgIpc) is 3.20. The van der Waals surface area contributed by atoms with Gasteiger partial charge in [-0.05, 0) is 30.2 Å². The fourth-order valence-corrected chi connectivity index (χ4v) is 4.54. The standard InChI is InChI=1S/C18H19NO4S/c20-18(9-8-15-5-2-1-3-6-15)19(13-17-7-4-11-23-17)16-10-12-24(21,22)14-16/h1-9,11,16H,10,12-14H2/b9-8+/t16-/m0/s1. The summed E-state index contributed by atoms with van der Waals surface area (Å²) in [6.07, 6.45) is 5.24. The maximum Gasteiger partial charge on any atom is 0.247 e. The van der Waals surface area contributed by atoms with Crippen molar-refractivity contribution in [2.75, 3.05) is 11.5 Å². The van der Waals surface area contributed by atoms with Crippen molar-refractivity contribution in [3.05, 3.63) is 66.1 Å². The van der Waals surface area contributed by atoms with E-state index in [0.717, 1.165) is 5.56 Å². The van der Waals surface area contributed by atoms with Gasteiger partial charge in [0.25, 0.3) is 0 Å². The van der Waals surface area contributed by atoms with Crippen LogP contribution in [0.5, 0.6) is 0 Å². The van der Waals surface area contributed by atoms with E-state index in [-0.39, 0.29) is 30.0 Å². The van der Waals surface area contributed by atoms with Crippen LogP contribution in [0.25, 0.3) is 6.08 Å². The molecule has 3 rings (SSSR count). The molecule has 1 saturated heterocycles. The molecule has 1 aliphatic heterocycles. The molecule has 1 amide bonds. The van der Waals surface area contributed by atoms with E-state index in [4.69, 9.17) is 4.42 Å². The molecule has 1 aromatic heterocycles. The molecule has 1 aromatic carbocycles. The van der Waals surface area contributed by atoms with E-state index in [0.29, 0.717) is 12.2 Å². The van der Waals surface area contributed by atoms with Crippen molar-refractivity contribution in [2.24, 2.45) is 0 Å². The fraction of sp³-hybridized carbons (Fsp3) is 0.278. The molecular formula is C18H19NO4S. The topological polar surface area (TPSA) is 67.6 Å². The zero-order valence-corrected chi connectivity index (χ0v) is 14.0. The van der Waals surface area contributed by atoms with Gasteiger partial charge in [-0.2, -0.15) is 0 Å². The zero-order valence-electron chi connectivity index (χ0n) is 13.2.